The Morgan fingerprint density at radius 2 is 1.92 bits per heavy atom. The third kappa shape index (κ3) is 3.56. The van der Waals surface area contributed by atoms with E-state index < -0.39 is 11.7 Å². The Morgan fingerprint density at radius 3 is 2.58 bits per heavy atom. The lowest BCUT2D eigenvalue weighted by molar-refractivity contribution is -0.137. The van der Waals surface area contributed by atoms with E-state index in [-0.39, 0.29) is 12.3 Å². The van der Waals surface area contributed by atoms with Gasteiger partial charge < -0.3 is 9.72 Å². The molecule has 3 rings (SSSR count). The number of carbonyl (C=O) groups is 1. The van der Waals surface area contributed by atoms with Crippen molar-refractivity contribution in [3.63, 3.8) is 0 Å². The van der Waals surface area contributed by atoms with E-state index in [9.17, 15) is 18.0 Å². The number of nitrogens with one attached hydrogen (secondary N) is 1. The number of aromatic nitrogens is 2. The van der Waals surface area contributed by atoms with Crippen molar-refractivity contribution in [1.29, 1.82) is 0 Å². The summed E-state index contributed by atoms with van der Waals surface area (Å²) in [6, 6.07) is 8.16. The third-order valence-electron chi connectivity index (χ3n) is 3.50. The lowest BCUT2D eigenvalue weighted by atomic mass is 10.2. The number of halogens is 3. The number of nitrogens with zero attached hydrogens (tertiary/aromatic N) is 2. The zero-order chi connectivity index (χ0) is 17.3. The summed E-state index contributed by atoms with van der Waals surface area (Å²) in [5.74, 6) is -0.338. The van der Waals surface area contributed by atoms with Crippen molar-refractivity contribution in [3.05, 3.63) is 65.6 Å². The maximum Gasteiger partial charge on any atom is 0.416 e. The first-order chi connectivity index (χ1) is 11.3. The molecule has 0 aliphatic carbocycles. The summed E-state index contributed by atoms with van der Waals surface area (Å²) in [4.78, 5) is 16.4. The highest BCUT2D eigenvalue weighted by atomic mass is 19.4. The van der Waals surface area contributed by atoms with Gasteiger partial charge in [-0.3, -0.25) is 4.79 Å². The van der Waals surface area contributed by atoms with Gasteiger partial charge in [0.05, 0.1) is 17.7 Å². The average Bonchev–Trinajstić information content (AvgIpc) is 2.87. The Hall–Kier alpha value is -2.83. The summed E-state index contributed by atoms with van der Waals surface area (Å²) >= 11 is 0. The number of hydrogen-bond acceptors (Lipinski definition) is 2. The van der Waals surface area contributed by atoms with Crippen LogP contribution in [0.1, 0.15) is 16.8 Å². The van der Waals surface area contributed by atoms with Crippen LogP contribution in [0.25, 0.3) is 5.65 Å². The molecule has 0 spiro atoms. The zero-order valence-electron chi connectivity index (χ0n) is 12.8. The van der Waals surface area contributed by atoms with Crippen LogP contribution in [0, 0.1) is 6.92 Å². The van der Waals surface area contributed by atoms with Crippen LogP contribution >= 0.6 is 0 Å². The van der Waals surface area contributed by atoms with E-state index in [1.54, 1.807) is 6.20 Å². The van der Waals surface area contributed by atoms with Crippen LogP contribution in [0.15, 0.2) is 48.8 Å². The van der Waals surface area contributed by atoms with Crippen LogP contribution in [-0.2, 0) is 17.4 Å². The highest BCUT2D eigenvalue weighted by molar-refractivity contribution is 5.92. The van der Waals surface area contributed by atoms with Gasteiger partial charge in [-0.2, -0.15) is 13.2 Å². The molecular formula is C17H14F3N3O. The summed E-state index contributed by atoms with van der Waals surface area (Å²) in [6.45, 7) is 1.95. The minimum Gasteiger partial charge on any atom is -0.326 e. The van der Waals surface area contributed by atoms with Gasteiger partial charge in [0.15, 0.2) is 0 Å². The molecule has 0 radical (unpaired) electrons. The Balaban J connectivity index is 1.68. The van der Waals surface area contributed by atoms with Crippen LogP contribution in [0.2, 0.25) is 0 Å². The van der Waals surface area contributed by atoms with Crippen LogP contribution in [0.5, 0.6) is 0 Å². The molecule has 0 bridgehead atoms. The highest BCUT2D eigenvalue weighted by Gasteiger charge is 2.29. The summed E-state index contributed by atoms with van der Waals surface area (Å²) in [7, 11) is 0. The molecule has 0 atom stereocenters. The van der Waals surface area contributed by atoms with Gasteiger partial charge in [0.2, 0.25) is 5.91 Å². The predicted molar refractivity (Wildman–Crippen MR) is 83.7 cm³/mol. The van der Waals surface area contributed by atoms with Crippen molar-refractivity contribution in [2.24, 2.45) is 0 Å². The first kappa shape index (κ1) is 16.0. The molecule has 2 aromatic heterocycles. The molecule has 0 unspecified atom stereocenters. The molecule has 0 fully saturated rings. The fourth-order valence-corrected chi connectivity index (χ4v) is 2.33. The summed E-state index contributed by atoms with van der Waals surface area (Å²) < 4.78 is 39.3. The van der Waals surface area contributed by atoms with E-state index in [1.165, 1.54) is 12.1 Å². The highest BCUT2D eigenvalue weighted by Crippen LogP contribution is 2.29. The SMILES string of the molecule is Cc1ccn2cc(CC(=O)Nc3ccc(C(F)(F)F)cc3)nc2c1. The van der Waals surface area contributed by atoms with Crippen molar-refractivity contribution in [2.45, 2.75) is 19.5 Å². The number of imidazole rings is 1. The fourth-order valence-electron chi connectivity index (χ4n) is 2.33. The van der Waals surface area contributed by atoms with Crippen molar-refractivity contribution >= 4 is 17.2 Å². The molecule has 124 valence electrons. The number of hydrogen-bond donors (Lipinski definition) is 1. The lowest BCUT2D eigenvalue weighted by Crippen LogP contribution is -2.15. The van der Waals surface area contributed by atoms with Gasteiger partial charge in [-0.1, -0.05) is 0 Å². The lowest BCUT2D eigenvalue weighted by Gasteiger charge is -2.08. The molecule has 0 aliphatic heterocycles. The molecule has 1 N–H and O–H groups in total. The van der Waals surface area contributed by atoms with Gasteiger partial charge >= 0.3 is 6.18 Å². The van der Waals surface area contributed by atoms with Gasteiger partial charge in [-0.25, -0.2) is 4.98 Å². The number of carbonyl (C=O) groups excluding carboxylic acids is 1. The molecule has 0 saturated heterocycles. The molecule has 4 nitrogen and oxygen atoms in total. The monoisotopic (exact) mass is 333 g/mol. The number of anilines is 1. The second-order valence-corrected chi connectivity index (χ2v) is 5.50. The summed E-state index contributed by atoms with van der Waals surface area (Å²) in [6.07, 6.45) is -0.741. The Bertz CT molecular complexity index is 882. The molecule has 24 heavy (non-hydrogen) atoms. The summed E-state index contributed by atoms with van der Waals surface area (Å²) in [5, 5.41) is 2.57. The standard InChI is InChI=1S/C17H14F3N3O/c1-11-6-7-23-10-14(21-15(23)8-11)9-16(24)22-13-4-2-12(3-5-13)17(18,19)20/h2-8,10H,9H2,1H3,(H,22,24). The second-order valence-electron chi connectivity index (χ2n) is 5.50. The van der Waals surface area contributed by atoms with Crippen molar-refractivity contribution in [1.82, 2.24) is 9.38 Å². The van der Waals surface area contributed by atoms with Crippen LogP contribution < -0.4 is 5.32 Å². The smallest absolute Gasteiger partial charge is 0.326 e. The maximum atomic E-state index is 12.5. The molecule has 0 saturated carbocycles. The van der Waals surface area contributed by atoms with Gasteiger partial charge in [0, 0.05) is 18.1 Å². The minimum absolute atomic E-state index is 0.0434. The molecule has 1 amide bonds. The van der Waals surface area contributed by atoms with E-state index in [0.717, 1.165) is 23.3 Å². The molecule has 0 aliphatic rings. The summed E-state index contributed by atoms with van der Waals surface area (Å²) in [5.41, 5.74) is 1.95. The first-order valence-corrected chi connectivity index (χ1v) is 7.22. The Morgan fingerprint density at radius 1 is 1.21 bits per heavy atom. The number of fused-ring (bicyclic) bond motifs is 1. The number of benzene rings is 1. The predicted octanol–water partition coefficient (Wildman–Crippen LogP) is 3.84. The van der Waals surface area contributed by atoms with E-state index in [2.05, 4.69) is 10.3 Å². The third-order valence-corrected chi connectivity index (χ3v) is 3.50. The number of amides is 1. The van der Waals surface area contributed by atoms with Crippen LogP contribution in [0.3, 0.4) is 0 Å². The second kappa shape index (κ2) is 5.99. The van der Waals surface area contributed by atoms with Crippen molar-refractivity contribution in [2.75, 3.05) is 5.32 Å². The quantitative estimate of drug-likeness (QED) is 0.791. The Kier molecular flexibility index (Phi) is 4.01. The minimum atomic E-state index is -4.39. The molecular weight excluding hydrogens is 319 g/mol. The fraction of sp³-hybridized carbons (Fsp3) is 0.176. The largest absolute Gasteiger partial charge is 0.416 e. The van der Waals surface area contributed by atoms with Crippen molar-refractivity contribution in [3.8, 4) is 0 Å². The normalized spacial score (nSPS) is 11.7. The van der Waals surface area contributed by atoms with Gasteiger partial charge in [-0.15, -0.1) is 0 Å². The first-order valence-electron chi connectivity index (χ1n) is 7.22. The maximum absolute atomic E-state index is 12.5. The van der Waals surface area contributed by atoms with E-state index >= 15 is 0 Å². The molecule has 7 heteroatoms. The number of alkyl halides is 3. The van der Waals surface area contributed by atoms with Crippen LogP contribution in [-0.4, -0.2) is 15.3 Å². The number of rotatable bonds is 3. The topological polar surface area (TPSA) is 46.4 Å². The molecule has 1 aromatic carbocycles. The Labute approximate surface area is 135 Å². The van der Waals surface area contributed by atoms with E-state index in [0.29, 0.717) is 11.4 Å². The van der Waals surface area contributed by atoms with Crippen molar-refractivity contribution < 1.29 is 18.0 Å². The van der Waals surface area contributed by atoms with Gasteiger partial charge in [0.25, 0.3) is 0 Å². The average molecular weight is 333 g/mol. The molecule has 3 aromatic rings. The molecule has 2 heterocycles. The zero-order valence-corrected chi connectivity index (χ0v) is 12.8. The van der Waals surface area contributed by atoms with Gasteiger partial charge in [0.1, 0.15) is 5.65 Å². The van der Waals surface area contributed by atoms with Crippen LogP contribution in [0.4, 0.5) is 18.9 Å². The number of pyridine rings is 1. The number of aryl methyl sites for hydroxylation is 1. The van der Waals surface area contributed by atoms with E-state index in [4.69, 9.17) is 0 Å². The van der Waals surface area contributed by atoms with Gasteiger partial charge in [-0.05, 0) is 48.9 Å². The van der Waals surface area contributed by atoms with E-state index in [1.807, 2.05) is 29.7 Å².